The molecular weight excluding hydrogens is 148 g/mol. The van der Waals surface area contributed by atoms with Gasteiger partial charge in [0, 0.05) is 0 Å². The molecule has 58 valence electrons. The van der Waals surface area contributed by atoms with Gasteiger partial charge in [-0.25, -0.2) is 18.1 Å². The standard InChI is InChI=1S/C7H18S2/c1-8(2)6-5-7-9(8,3)4/h5-7H2,1-4H3. The van der Waals surface area contributed by atoms with Crippen molar-refractivity contribution < 1.29 is 0 Å². The minimum Gasteiger partial charge on any atom is -0.216 e. The molecule has 0 N–H and O–H groups in total. The van der Waals surface area contributed by atoms with Crippen LogP contribution in [0.5, 0.6) is 0 Å². The number of hydrogen-bond donors (Lipinski definition) is 0. The minimum absolute atomic E-state index is 0.141. The summed E-state index contributed by atoms with van der Waals surface area (Å²) in [6.45, 7) is 0. The van der Waals surface area contributed by atoms with Crippen LogP contribution < -0.4 is 0 Å². The third-order valence-corrected chi connectivity index (χ3v) is 15.8. The predicted molar refractivity (Wildman–Crippen MR) is 53.2 cm³/mol. The summed E-state index contributed by atoms with van der Waals surface area (Å²) in [5.74, 6) is 3.07. The molecule has 1 saturated heterocycles. The zero-order valence-electron chi connectivity index (χ0n) is 6.94. The molecule has 1 heterocycles. The molecule has 0 atom stereocenters. The van der Waals surface area contributed by atoms with Crippen LogP contribution in [0.4, 0.5) is 0 Å². The van der Waals surface area contributed by atoms with Crippen LogP contribution in [0.25, 0.3) is 0 Å². The smallest absolute Gasteiger partial charge is 0.0153 e. The predicted octanol–water partition coefficient (Wildman–Crippen LogP) is 2.43. The van der Waals surface area contributed by atoms with Crippen LogP contribution in [0.3, 0.4) is 0 Å². The summed E-state index contributed by atoms with van der Waals surface area (Å²) in [7, 11) is -0.282. The molecule has 0 radical (unpaired) electrons. The highest BCUT2D eigenvalue weighted by atomic mass is 33.2. The van der Waals surface area contributed by atoms with Crippen LogP contribution in [0.2, 0.25) is 0 Å². The zero-order valence-corrected chi connectivity index (χ0v) is 8.57. The van der Waals surface area contributed by atoms with E-state index in [1.54, 1.807) is 0 Å². The summed E-state index contributed by atoms with van der Waals surface area (Å²) in [4.78, 5) is 0. The van der Waals surface area contributed by atoms with Gasteiger partial charge in [-0.3, -0.25) is 0 Å². The van der Waals surface area contributed by atoms with E-state index in [9.17, 15) is 0 Å². The molecule has 0 bridgehead atoms. The number of hydrogen-bond acceptors (Lipinski definition) is 0. The van der Waals surface area contributed by atoms with Gasteiger partial charge in [-0.15, -0.1) is 0 Å². The van der Waals surface area contributed by atoms with Crippen molar-refractivity contribution in [2.75, 3.05) is 36.5 Å². The Hall–Kier alpha value is 0.700. The second kappa shape index (κ2) is 2.09. The molecule has 1 fully saturated rings. The average Bonchev–Trinajstić information content (AvgIpc) is 1.81. The second-order valence-electron chi connectivity index (χ2n) is 3.64. The second-order valence-corrected chi connectivity index (χ2v) is 15.6. The van der Waals surface area contributed by atoms with E-state index in [0.717, 1.165) is 0 Å². The summed E-state index contributed by atoms with van der Waals surface area (Å²) < 4.78 is 0. The molecule has 1 aliphatic rings. The maximum atomic E-state index is 2.51. The zero-order chi connectivity index (χ0) is 7.12. The maximum absolute atomic E-state index is 2.51. The highest BCUT2D eigenvalue weighted by Gasteiger charge is 2.32. The first-order chi connectivity index (χ1) is 3.96. The summed E-state index contributed by atoms with van der Waals surface area (Å²) in [5.41, 5.74) is 0. The Morgan fingerprint density at radius 3 is 1.22 bits per heavy atom. The molecule has 1 rings (SSSR count). The lowest BCUT2D eigenvalue weighted by Gasteiger charge is -2.45. The molecule has 0 aromatic carbocycles. The van der Waals surface area contributed by atoms with Gasteiger partial charge >= 0.3 is 0 Å². The molecule has 0 saturated carbocycles. The first-order valence-electron chi connectivity index (χ1n) is 3.38. The lowest BCUT2D eigenvalue weighted by molar-refractivity contribution is 1.13. The van der Waals surface area contributed by atoms with Gasteiger partial charge in [0.1, 0.15) is 0 Å². The normalized spacial score (nSPS) is 37.8. The van der Waals surface area contributed by atoms with E-state index in [1.165, 1.54) is 17.9 Å². The van der Waals surface area contributed by atoms with Gasteiger partial charge in [0.25, 0.3) is 0 Å². The molecule has 1 aliphatic heterocycles. The maximum Gasteiger partial charge on any atom is -0.0153 e. The van der Waals surface area contributed by atoms with Crippen molar-refractivity contribution in [3.8, 4) is 0 Å². The Morgan fingerprint density at radius 1 is 0.778 bits per heavy atom. The summed E-state index contributed by atoms with van der Waals surface area (Å²) >= 11 is 0. The van der Waals surface area contributed by atoms with E-state index < -0.39 is 0 Å². The van der Waals surface area contributed by atoms with Gasteiger partial charge in [0.05, 0.1) is 0 Å². The lowest BCUT2D eigenvalue weighted by Crippen LogP contribution is -2.01. The van der Waals surface area contributed by atoms with Gasteiger partial charge in [0.15, 0.2) is 0 Å². The molecule has 0 amide bonds. The molecule has 0 aliphatic carbocycles. The van der Waals surface area contributed by atoms with Crippen molar-refractivity contribution in [1.29, 1.82) is 0 Å². The van der Waals surface area contributed by atoms with E-state index in [-0.39, 0.29) is 18.1 Å². The number of rotatable bonds is 0. The van der Waals surface area contributed by atoms with Gasteiger partial charge < -0.3 is 0 Å². The summed E-state index contributed by atoms with van der Waals surface area (Å²) in [5, 5.41) is 0. The van der Waals surface area contributed by atoms with E-state index >= 15 is 0 Å². The van der Waals surface area contributed by atoms with E-state index in [0.29, 0.717) is 0 Å². The average molecular weight is 166 g/mol. The van der Waals surface area contributed by atoms with Crippen molar-refractivity contribution in [3.05, 3.63) is 0 Å². The fraction of sp³-hybridized carbons (Fsp3) is 1.00. The fourth-order valence-corrected chi connectivity index (χ4v) is 7.38. The Bertz CT molecular complexity index is 102. The Morgan fingerprint density at radius 2 is 1.11 bits per heavy atom. The summed E-state index contributed by atoms with van der Waals surface area (Å²) in [6, 6.07) is 0. The van der Waals surface area contributed by atoms with Gasteiger partial charge in [-0.1, -0.05) is 0 Å². The van der Waals surface area contributed by atoms with E-state index in [4.69, 9.17) is 0 Å². The Kier molecular flexibility index (Phi) is 1.81. The molecule has 9 heavy (non-hydrogen) atoms. The Labute approximate surface area is 61.4 Å². The van der Waals surface area contributed by atoms with Crippen LogP contribution in [0.15, 0.2) is 0 Å². The van der Waals surface area contributed by atoms with E-state index in [2.05, 4.69) is 25.0 Å². The quantitative estimate of drug-likeness (QED) is 0.485. The highest BCUT2D eigenvalue weighted by molar-refractivity contribution is 9.08. The van der Waals surface area contributed by atoms with Crippen molar-refractivity contribution in [3.63, 3.8) is 0 Å². The van der Waals surface area contributed by atoms with Gasteiger partial charge in [-0.05, 0) is 42.9 Å². The molecule has 0 aromatic rings. The fourth-order valence-electron chi connectivity index (χ4n) is 1.21. The highest BCUT2D eigenvalue weighted by Crippen LogP contribution is 2.78. The third kappa shape index (κ3) is 1.25. The van der Waals surface area contributed by atoms with Crippen molar-refractivity contribution in [1.82, 2.24) is 0 Å². The molecule has 0 spiro atoms. The molecular formula is C7H18S2. The SMILES string of the molecule is CS1(C)CCCS1(C)C. The van der Waals surface area contributed by atoms with Crippen LogP contribution in [0.1, 0.15) is 6.42 Å². The summed E-state index contributed by atoms with van der Waals surface area (Å²) in [6.07, 6.45) is 11.5. The third-order valence-electron chi connectivity index (χ3n) is 2.49. The van der Waals surface area contributed by atoms with Crippen molar-refractivity contribution in [2.45, 2.75) is 6.42 Å². The first kappa shape index (κ1) is 7.80. The van der Waals surface area contributed by atoms with E-state index in [1.807, 2.05) is 0 Å². The van der Waals surface area contributed by atoms with Crippen LogP contribution in [0, 0.1) is 0 Å². The van der Waals surface area contributed by atoms with Crippen molar-refractivity contribution in [2.24, 2.45) is 0 Å². The molecule has 0 unspecified atom stereocenters. The molecule has 2 heteroatoms. The van der Waals surface area contributed by atoms with Gasteiger partial charge in [0.2, 0.25) is 0 Å². The topological polar surface area (TPSA) is 0 Å². The first-order valence-corrected chi connectivity index (χ1v) is 9.13. The lowest BCUT2D eigenvalue weighted by atomic mass is 10.6. The molecule has 0 nitrogen and oxygen atoms in total. The van der Waals surface area contributed by atoms with Crippen LogP contribution >= 0.6 is 18.1 Å². The largest absolute Gasteiger partial charge is 0.216 e. The van der Waals surface area contributed by atoms with Crippen LogP contribution in [-0.2, 0) is 0 Å². The monoisotopic (exact) mass is 166 g/mol. The van der Waals surface area contributed by atoms with Gasteiger partial charge in [-0.2, -0.15) is 0 Å². The molecule has 0 aromatic heterocycles. The van der Waals surface area contributed by atoms with Crippen LogP contribution in [-0.4, -0.2) is 36.5 Å². The Balaban J connectivity index is 2.75. The minimum atomic E-state index is -0.141. The van der Waals surface area contributed by atoms with Crippen molar-refractivity contribution >= 4 is 18.1 Å².